The molecule has 0 unspecified atom stereocenters. The Bertz CT molecular complexity index is 668. The minimum Gasteiger partial charge on any atom is -0.456 e. The molecule has 1 N–H and O–H groups in total. The van der Waals surface area contributed by atoms with Crippen LogP contribution in [-0.2, 0) is 24.2 Å². The highest BCUT2D eigenvalue weighted by atomic mass is 32.2. The van der Waals surface area contributed by atoms with E-state index in [4.69, 9.17) is 4.74 Å². The zero-order chi connectivity index (χ0) is 16.2. The first-order valence-electron chi connectivity index (χ1n) is 7.06. The summed E-state index contributed by atoms with van der Waals surface area (Å²) in [5, 5.41) is 2.63. The van der Waals surface area contributed by atoms with E-state index in [1.165, 1.54) is 0 Å². The van der Waals surface area contributed by atoms with Crippen LogP contribution in [0.15, 0.2) is 24.3 Å². The molecule has 0 aromatic heterocycles. The fraction of sp³-hybridized carbons (Fsp3) is 0.467. The molecule has 22 heavy (non-hydrogen) atoms. The Morgan fingerprint density at radius 3 is 2.77 bits per heavy atom. The summed E-state index contributed by atoms with van der Waals surface area (Å²) in [5.74, 6) is -1.01. The van der Waals surface area contributed by atoms with Crippen LogP contribution in [0.2, 0.25) is 0 Å². The molecule has 1 aromatic carbocycles. The number of benzene rings is 1. The molecule has 1 aliphatic heterocycles. The molecule has 6 nitrogen and oxygen atoms in total. The Labute approximate surface area is 129 Å². The van der Waals surface area contributed by atoms with Gasteiger partial charge in [-0.15, -0.1) is 0 Å². The summed E-state index contributed by atoms with van der Waals surface area (Å²) >= 11 is 0. The van der Waals surface area contributed by atoms with Gasteiger partial charge in [0.15, 0.2) is 16.4 Å². The number of ether oxygens (including phenoxy) is 1. The number of nitrogens with one attached hydrogen (secondary N) is 1. The normalized spacial score (nSPS) is 19.6. The van der Waals surface area contributed by atoms with Gasteiger partial charge in [-0.25, -0.2) is 8.42 Å². The van der Waals surface area contributed by atoms with Gasteiger partial charge in [0.2, 0.25) is 0 Å². The van der Waals surface area contributed by atoms with Crippen molar-refractivity contribution < 1.29 is 22.7 Å². The van der Waals surface area contributed by atoms with Crippen molar-refractivity contribution in [3.05, 3.63) is 29.8 Å². The fourth-order valence-electron chi connectivity index (χ4n) is 2.39. The van der Waals surface area contributed by atoms with E-state index in [1.54, 1.807) is 6.07 Å². The van der Waals surface area contributed by atoms with E-state index in [0.717, 1.165) is 5.56 Å². The Morgan fingerprint density at radius 2 is 2.14 bits per heavy atom. The molecule has 1 amide bonds. The third kappa shape index (κ3) is 5.14. The van der Waals surface area contributed by atoms with Crippen molar-refractivity contribution >= 4 is 27.4 Å². The molecule has 2 rings (SSSR count). The average molecular weight is 325 g/mol. The fourth-order valence-corrected chi connectivity index (χ4v) is 4.26. The molecule has 1 aliphatic rings. The van der Waals surface area contributed by atoms with E-state index in [-0.39, 0.29) is 30.5 Å². The minimum atomic E-state index is -3.00. The molecule has 0 spiro atoms. The van der Waals surface area contributed by atoms with Crippen molar-refractivity contribution in [1.82, 2.24) is 0 Å². The van der Waals surface area contributed by atoms with E-state index < -0.39 is 21.7 Å². The van der Waals surface area contributed by atoms with Gasteiger partial charge in [0.25, 0.3) is 5.91 Å². The lowest BCUT2D eigenvalue weighted by molar-refractivity contribution is -0.148. The van der Waals surface area contributed by atoms with E-state index in [1.807, 2.05) is 25.1 Å². The molecule has 0 bridgehead atoms. The van der Waals surface area contributed by atoms with Gasteiger partial charge in [-0.2, -0.15) is 0 Å². The molecule has 1 atom stereocenters. The van der Waals surface area contributed by atoms with E-state index in [2.05, 4.69) is 5.32 Å². The third-order valence-electron chi connectivity index (χ3n) is 3.45. The van der Waals surface area contributed by atoms with Crippen molar-refractivity contribution in [2.24, 2.45) is 5.92 Å². The number of esters is 1. The molecular weight excluding hydrogens is 306 g/mol. The van der Waals surface area contributed by atoms with E-state index >= 15 is 0 Å². The summed E-state index contributed by atoms with van der Waals surface area (Å²) in [6, 6.07) is 7.28. The van der Waals surface area contributed by atoms with Crippen LogP contribution in [0.25, 0.3) is 0 Å². The monoisotopic (exact) mass is 325 g/mol. The maximum atomic E-state index is 11.7. The number of rotatable bonds is 5. The minimum absolute atomic E-state index is 0.0254. The molecule has 1 fully saturated rings. The molecular formula is C15H19NO5S. The highest BCUT2D eigenvalue weighted by molar-refractivity contribution is 7.91. The number of carbonyl (C=O) groups is 2. The largest absolute Gasteiger partial charge is 0.456 e. The van der Waals surface area contributed by atoms with Crippen molar-refractivity contribution in [3.8, 4) is 0 Å². The number of sulfone groups is 1. The highest BCUT2D eigenvalue weighted by Gasteiger charge is 2.29. The topological polar surface area (TPSA) is 89.5 Å². The standard InChI is InChI=1S/C15H19NO5S/c1-11-3-2-4-13(7-11)16-14(17)9-21-15(18)8-12-5-6-22(19,20)10-12/h2-4,7,12H,5-6,8-10H2,1H3,(H,16,17)/t12-/m0/s1. The maximum absolute atomic E-state index is 11.7. The predicted molar refractivity (Wildman–Crippen MR) is 82.1 cm³/mol. The van der Waals surface area contributed by atoms with Gasteiger partial charge in [0, 0.05) is 12.1 Å². The molecule has 0 saturated carbocycles. The summed E-state index contributed by atoms with van der Waals surface area (Å²) < 4.78 is 27.5. The Kier molecular flexibility index (Phi) is 5.18. The van der Waals surface area contributed by atoms with E-state index in [0.29, 0.717) is 12.1 Å². The van der Waals surface area contributed by atoms with Gasteiger partial charge in [-0.05, 0) is 37.0 Å². The second-order valence-corrected chi connectivity index (χ2v) is 7.78. The molecule has 1 aromatic rings. The lowest BCUT2D eigenvalue weighted by Gasteiger charge is -2.09. The van der Waals surface area contributed by atoms with Gasteiger partial charge in [-0.1, -0.05) is 12.1 Å². The van der Waals surface area contributed by atoms with Crippen LogP contribution in [0.4, 0.5) is 5.69 Å². The number of amides is 1. The summed E-state index contributed by atoms with van der Waals surface area (Å²) in [4.78, 5) is 23.3. The van der Waals surface area contributed by atoms with Gasteiger partial charge >= 0.3 is 5.97 Å². The Morgan fingerprint density at radius 1 is 1.36 bits per heavy atom. The van der Waals surface area contributed by atoms with Crippen molar-refractivity contribution in [3.63, 3.8) is 0 Å². The number of carbonyl (C=O) groups excluding carboxylic acids is 2. The zero-order valence-corrected chi connectivity index (χ0v) is 13.2. The smallest absolute Gasteiger partial charge is 0.306 e. The van der Waals surface area contributed by atoms with Crippen LogP contribution >= 0.6 is 0 Å². The van der Waals surface area contributed by atoms with Gasteiger partial charge in [-0.3, -0.25) is 9.59 Å². The first-order valence-corrected chi connectivity index (χ1v) is 8.89. The highest BCUT2D eigenvalue weighted by Crippen LogP contribution is 2.21. The Hall–Kier alpha value is -1.89. The van der Waals surface area contributed by atoms with Crippen molar-refractivity contribution in [2.75, 3.05) is 23.4 Å². The molecule has 7 heteroatoms. The maximum Gasteiger partial charge on any atom is 0.306 e. The van der Waals surface area contributed by atoms with Crippen LogP contribution in [0, 0.1) is 12.8 Å². The first kappa shape index (κ1) is 16.5. The van der Waals surface area contributed by atoms with E-state index in [9.17, 15) is 18.0 Å². The number of aryl methyl sites for hydroxylation is 1. The number of hydrogen-bond acceptors (Lipinski definition) is 5. The third-order valence-corrected chi connectivity index (χ3v) is 5.29. The SMILES string of the molecule is Cc1cccc(NC(=O)COC(=O)C[C@@H]2CCS(=O)(=O)C2)c1. The van der Waals surface area contributed by atoms with Crippen LogP contribution in [0.3, 0.4) is 0 Å². The number of anilines is 1. The summed E-state index contributed by atoms with van der Waals surface area (Å²) in [7, 11) is -3.00. The molecule has 0 radical (unpaired) electrons. The molecule has 0 aliphatic carbocycles. The lowest BCUT2D eigenvalue weighted by Crippen LogP contribution is -2.22. The predicted octanol–water partition coefficient (Wildman–Crippen LogP) is 1.30. The summed E-state index contributed by atoms with van der Waals surface area (Å²) in [5.41, 5.74) is 1.65. The van der Waals surface area contributed by atoms with Crippen molar-refractivity contribution in [1.29, 1.82) is 0 Å². The number of hydrogen-bond donors (Lipinski definition) is 1. The lowest BCUT2D eigenvalue weighted by atomic mass is 10.1. The van der Waals surface area contributed by atoms with Gasteiger partial charge < -0.3 is 10.1 Å². The molecule has 1 saturated heterocycles. The summed E-state index contributed by atoms with van der Waals surface area (Å²) in [6.07, 6.45) is 0.518. The van der Waals surface area contributed by atoms with Crippen LogP contribution in [0.5, 0.6) is 0 Å². The van der Waals surface area contributed by atoms with Gasteiger partial charge in [0.1, 0.15) is 0 Å². The van der Waals surface area contributed by atoms with Crippen LogP contribution in [-0.4, -0.2) is 38.4 Å². The van der Waals surface area contributed by atoms with Crippen LogP contribution in [0.1, 0.15) is 18.4 Å². The zero-order valence-electron chi connectivity index (χ0n) is 12.4. The second kappa shape index (κ2) is 6.91. The summed E-state index contributed by atoms with van der Waals surface area (Å²) in [6.45, 7) is 1.54. The van der Waals surface area contributed by atoms with Crippen molar-refractivity contribution in [2.45, 2.75) is 19.8 Å². The molecule has 120 valence electrons. The quantitative estimate of drug-likeness (QED) is 0.824. The Balaban J connectivity index is 1.73. The van der Waals surface area contributed by atoms with Gasteiger partial charge in [0.05, 0.1) is 11.5 Å². The van der Waals surface area contributed by atoms with Crippen LogP contribution < -0.4 is 5.32 Å². The second-order valence-electron chi connectivity index (χ2n) is 5.55. The first-order chi connectivity index (χ1) is 10.3. The average Bonchev–Trinajstić information content (AvgIpc) is 2.75. The molecule has 1 heterocycles.